The summed E-state index contributed by atoms with van der Waals surface area (Å²) in [7, 11) is -4.78. The van der Waals surface area contributed by atoms with Crippen LogP contribution in [0.2, 0.25) is 0 Å². The van der Waals surface area contributed by atoms with Gasteiger partial charge in [-0.25, -0.2) is 0 Å². The molecule has 1 aromatic rings. The molecule has 1 aromatic carbocycles. The van der Waals surface area contributed by atoms with Crippen LogP contribution in [0.4, 0.5) is 18.9 Å². The standard InChI is InChI=1S/C17H24F3N3O4S/c1-11-6-7-12(10-13(11)17(18,19)20)23-14(21)16(2,3)22(8-4-5-9-24)15(23)28(25,26)27/h6-7,10,15,21,24H,4-5,8-9H2,1-3H3,(H,25,26,27). The van der Waals surface area contributed by atoms with Crippen molar-refractivity contribution in [3.8, 4) is 0 Å². The van der Waals surface area contributed by atoms with Gasteiger partial charge in [0.25, 0.3) is 0 Å². The van der Waals surface area contributed by atoms with Crippen molar-refractivity contribution in [3.05, 3.63) is 29.3 Å². The third-order valence-electron chi connectivity index (χ3n) is 4.90. The van der Waals surface area contributed by atoms with E-state index in [1.807, 2.05) is 0 Å². The summed E-state index contributed by atoms with van der Waals surface area (Å²) in [6.07, 6.45) is -3.89. The van der Waals surface area contributed by atoms with Crippen molar-refractivity contribution in [3.63, 3.8) is 0 Å². The lowest BCUT2D eigenvalue weighted by Gasteiger charge is -2.32. The zero-order valence-corrected chi connectivity index (χ0v) is 16.6. The highest BCUT2D eigenvalue weighted by atomic mass is 32.2. The second kappa shape index (κ2) is 7.62. The highest BCUT2D eigenvalue weighted by molar-refractivity contribution is 7.86. The van der Waals surface area contributed by atoms with E-state index in [2.05, 4.69) is 0 Å². The third kappa shape index (κ3) is 4.17. The molecule has 1 heterocycles. The number of anilines is 1. The molecule has 7 nitrogen and oxygen atoms in total. The summed E-state index contributed by atoms with van der Waals surface area (Å²) < 4.78 is 74.0. The van der Waals surface area contributed by atoms with Gasteiger partial charge in [-0.05, 0) is 51.3 Å². The Balaban J connectivity index is 2.60. The lowest BCUT2D eigenvalue weighted by molar-refractivity contribution is -0.138. The van der Waals surface area contributed by atoms with Gasteiger partial charge in [0.05, 0.1) is 11.1 Å². The number of hydrogen-bond donors (Lipinski definition) is 3. The molecule has 0 aliphatic carbocycles. The van der Waals surface area contributed by atoms with E-state index in [0.717, 1.165) is 11.0 Å². The molecule has 0 radical (unpaired) electrons. The maximum absolute atomic E-state index is 13.3. The van der Waals surface area contributed by atoms with Crippen LogP contribution in [0.25, 0.3) is 0 Å². The fourth-order valence-electron chi connectivity index (χ4n) is 3.36. The SMILES string of the molecule is Cc1ccc(N2C(=N)C(C)(C)N(CCCCO)C2S(=O)(=O)O)cc1C(F)(F)F. The minimum Gasteiger partial charge on any atom is -0.396 e. The van der Waals surface area contributed by atoms with Crippen LogP contribution in [0, 0.1) is 12.3 Å². The van der Waals surface area contributed by atoms with Crippen molar-refractivity contribution in [2.24, 2.45) is 0 Å². The summed E-state index contributed by atoms with van der Waals surface area (Å²) in [5.41, 5.74) is -4.03. The van der Waals surface area contributed by atoms with Crippen LogP contribution in [-0.2, 0) is 16.3 Å². The zero-order chi connectivity index (χ0) is 21.5. The topological polar surface area (TPSA) is 105 Å². The van der Waals surface area contributed by atoms with Crippen LogP contribution in [0.3, 0.4) is 0 Å². The second-order valence-corrected chi connectivity index (χ2v) is 8.69. The van der Waals surface area contributed by atoms with E-state index in [1.54, 1.807) is 13.8 Å². The molecular weight excluding hydrogens is 399 g/mol. The van der Waals surface area contributed by atoms with E-state index in [4.69, 9.17) is 10.5 Å². The fourth-order valence-corrected chi connectivity index (χ4v) is 4.54. The van der Waals surface area contributed by atoms with Crippen LogP contribution in [-0.4, -0.2) is 53.0 Å². The normalized spacial score (nSPS) is 20.8. The molecule has 1 fully saturated rings. The van der Waals surface area contributed by atoms with Crippen molar-refractivity contribution in [1.29, 1.82) is 5.41 Å². The van der Waals surface area contributed by atoms with Gasteiger partial charge in [0.2, 0.25) is 5.50 Å². The summed E-state index contributed by atoms with van der Waals surface area (Å²) in [5.74, 6) is -0.254. The first-order valence-corrected chi connectivity index (χ1v) is 10.1. The summed E-state index contributed by atoms with van der Waals surface area (Å²) in [5, 5.41) is 17.4. The quantitative estimate of drug-likeness (QED) is 0.480. The predicted octanol–water partition coefficient (Wildman–Crippen LogP) is 2.84. The Labute approximate surface area is 162 Å². The van der Waals surface area contributed by atoms with Crippen LogP contribution in [0.1, 0.15) is 37.8 Å². The van der Waals surface area contributed by atoms with Crippen molar-refractivity contribution in [2.75, 3.05) is 18.1 Å². The Morgan fingerprint density at radius 2 is 1.86 bits per heavy atom. The maximum atomic E-state index is 13.3. The van der Waals surface area contributed by atoms with Crippen LogP contribution >= 0.6 is 0 Å². The number of nitrogens with one attached hydrogen (secondary N) is 1. The molecule has 1 aliphatic heterocycles. The van der Waals surface area contributed by atoms with Crippen LogP contribution < -0.4 is 4.90 Å². The number of halogens is 3. The lowest BCUT2D eigenvalue weighted by Crippen LogP contribution is -2.49. The highest BCUT2D eigenvalue weighted by Gasteiger charge is 2.54. The number of aryl methyl sites for hydroxylation is 1. The van der Waals surface area contributed by atoms with Gasteiger partial charge >= 0.3 is 16.3 Å². The number of alkyl halides is 3. The zero-order valence-electron chi connectivity index (χ0n) is 15.8. The molecule has 0 aromatic heterocycles. The summed E-state index contributed by atoms with van der Waals surface area (Å²) in [6, 6.07) is 3.29. The summed E-state index contributed by atoms with van der Waals surface area (Å²) in [6.45, 7) is 4.41. The third-order valence-corrected chi connectivity index (χ3v) is 5.90. The van der Waals surface area contributed by atoms with E-state index in [-0.39, 0.29) is 30.2 Å². The second-order valence-electron chi connectivity index (χ2n) is 7.24. The molecule has 3 N–H and O–H groups in total. The van der Waals surface area contributed by atoms with E-state index in [1.165, 1.54) is 24.0 Å². The van der Waals surface area contributed by atoms with Gasteiger partial charge in [0.1, 0.15) is 5.84 Å². The molecule has 11 heteroatoms. The molecule has 1 unspecified atom stereocenters. The smallest absolute Gasteiger partial charge is 0.396 e. The van der Waals surface area contributed by atoms with E-state index in [9.17, 15) is 26.1 Å². The predicted molar refractivity (Wildman–Crippen MR) is 98.8 cm³/mol. The largest absolute Gasteiger partial charge is 0.416 e. The molecule has 0 saturated carbocycles. The first-order chi connectivity index (χ1) is 12.7. The number of nitrogens with zero attached hydrogens (tertiary/aromatic N) is 2. The van der Waals surface area contributed by atoms with Crippen LogP contribution in [0.5, 0.6) is 0 Å². The van der Waals surface area contributed by atoms with Crippen LogP contribution in [0.15, 0.2) is 18.2 Å². The molecule has 1 aliphatic rings. The molecule has 1 saturated heterocycles. The number of amidine groups is 1. The van der Waals surface area contributed by atoms with Gasteiger partial charge in [-0.1, -0.05) is 6.07 Å². The number of rotatable bonds is 6. The van der Waals surface area contributed by atoms with E-state index < -0.39 is 32.9 Å². The molecule has 28 heavy (non-hydrogen) atoms. The minimum atomic E-state index is -4.78. The summed E-state index contributed by atoms with van der Waals surface area (Å²) in [4.78, 5) is 2.25. The van der Waals surface area contributed by atoms with Gasteiger partial charge in [-0.3, -0.25) is 19.8 Å². The van der Waals surface area contributed by atoms with Crippen molar-refractivity contribution < 1.29 is 31.2 Å². The summed E-state index contributed by atoms with van der Waals surface area (Å²) >= 11 is 0. The molecule has 0 amide bonds. The molecule has 1 atom stereocenters. The Morgan fingerprint density at radius 3 is 2.36 bits per heavy atom. The minimum absolute atomic E-state index is 0.0376. The first-order valence-electron chi connectivity index (χ1n) is 8.63. The molecular formula is C17H24F3N3O4S. The maximum Gasteiger partial charge on any atom is 0.416 e. The van der Waals surface area contributed by atoms with Gasteiger partial charge in [-0.2, -0.15) is 21.6 Å². The molecule has 158 valence electrons. The number of unbranched alkanes of at least 4 members (excludes halogenated alkanes) is 1. The lowest BCUT2D eigenvalue weighted by atomic mass is 10.0. The number of hydrogen-bond acceptors (Lipinski definition) is 5. The van der Waals surface area contributed by atoms with Gasteiger partial charge in [0.15, 0.2) is 0 Å². The molecule has 0 bridgehead atoms. The van der Waals surface area contributed by atoms with Crippen molar-refractivity contribution >= 4 is 21.6 Å². The monoisotopic (exact) mass is 423 g/mol. The Hall–Kier alpha value is -1.69. The molecule has 2 rings (SSSR count). The first kappa shape index (κ1) is 22.6. The van der Waals surface area contributed by atoms with E-state index >= 15 is 0 Å². The number of aliphatic hydroxyl groups excluding tert-OH is 1. The van der Waals surface area contributed by atoms with E-state index in [0.29, 0.717) is 12.8 Å². The fraction of sp³-hybridized carbons (Fsp3) is 0.588. The average molecular weight is 423 g/mol. The van der Waals surface area contributed by atoms with Gasteiger partial charge < -0.3 is 5.11 Å². The van der Waals surface area contributed by atoms with Crippen molar-refractivity contribution in [1.82, 2.24) is 4.90 Å². The number of aliphatic hydroxyl groups is 1. The Bertz CT molecular complexity index is 856. The average Bonchev–Trinajstić information content (AvgIpc) is 2.75. The van der Waals surface area contributed by atoms with Crippen molar-refractivity contribution in [2.45, 2.75) is 50.8 Å². The van der Waals surface area contributed by atoms with Gasteiger partial charge in [0, 0.05) is 18.8 Å². The Kier molecular flexibility index (Phi) is 6.15. The number of benzene rings is 1. The highest BCUT2D eigenvalue weighted by Crippen LogP contribution is 2.40. The Morgan fingerprint density at radius 1 is 1.25 bits per heavy atom. The molecule has 0 spiro atoms. The van der Waals surface area contributed by atoms with Gasteiger partial charge in [-0.15, -0.1) is 0 Å².